The van der Waals surface area contributed by atoms with Crippen LogP contribution < -0.4 is 15.1 Å². The zero-order valence-electron chi connectivity index (χ0n) is 12.6. The molecule has 1 heterocycles. The minimum absolute atomic E-state index is 0.462. The van der Waals surface area contributed by atoms with Crippen molar-refractivity contribution in [3.63, 3.8) is 0 Å². The second-order valence-electron chi connectivity index (χ2n) is 5.23. The molecule has 7 heteroatoms. The van der Waals surface area contributed by atoms with Crippen LogP contribution in [0.1, 0.15) is 20.8 Å². The molecular weight excluding hydrogens is 244 g/mol. The molecular formula is C12H24N6O. The van der Waals surface area contributed by atoms with Crippen LogP contribution in [0.5, 0.6) is 0 Å². The van der Waals surface area contributed by atoms with Gasteiger partial charge in [-0.3, -0.25) is 0 Å². The first-order chi connectivity index (χ1) is 8.76. The molecule has 0 saturated carbocycles. The number of rotatable bonds is 6. The fourth-order valence-corrected chi connectivity index (χ4v) is 1.60. The first-order valence-electron chi connectivity index (χ1n) is 6.35. The molecule has 0 amide bonds. The molecule has 0 radical (unpaired) electrons. The zero-order valence-corrected chi connectivity index (χ0v) is 12.6. The Bertz CT molecular complexity index is 415. The summed E-state index contributed by atoms with van der Waals surface area (Å²) in [4.78, 5) is 16.8. The van der Waals surface area contributed by atoms with Gasteiger partial charge in [-0.15, -0.1) is 0 Å². The second-order valence-corrected chi connectivity index (χ2v) is 5.23. The molecule has 0 fully saturated rings. The van der Waals surface area contributed by atoms with Crippen LogP contribution in [0.2, 0.25) is 0 Å². The quantitative estimate of drug-likeness (QED) is 0.781. The Kier molecular flexibility index (Phi) is 4.88. The number of aromatic nitrogens is 3. The summed E-state index contributed by atoms with van der Waals surface area (Å²) >= 11 is 0. The maximum absolute atomic E-state index is 9.95. The molecule has 108 valence electrons. The van der Waals surface area contributed by atoms with Gasteiger partial charge in [0.2, 0.25) is 17.8 Å². The van der Waals surface area contributed by atoms with E-state index in [4.69, 9.17) is 0 Å². The topological polar surface area (TPSA) is 77.4 Å². The fourth-order valence-electron chi connectivity index (χ4n) is 1.60. The van der Waals surface area contributed by atoms with Crippen molar-refractivity contribution < 1.29 is 5.11 Å². The van der Waals surface area contributed by atoms with Gasteiger partial charge in [0.15, 0.2) is 0 Å². The monoisotopic (exact) mass is 268 g/mol. The Morgan fingerprint density at radius 3 is 2.16 bits per heavy atom. The minimum Gasteiger partial charge on any atom is -0.389 e. The lowest BCUT2D eigenvalue weighted by Gasteiger charge is -2.28. The van der Waals surface area contributed by atoms with Gasteiger partial charge < -0.3 is 20.2 Å². The minimum atomic E-state index is -0.805. The van der Waals surface area contributed by atoms with Gasteiger partial charge in [0.05, 0.1) is 5.60 Å². The molecule has 7 nitrogen and oxygen atoms in total. The first kappa shape index (κ1) is 15.4. The largest absolute Gasteiger partial charge is 0.389 e. The molecule has 2 N–H and O–H groups in total. The van der Waals surface area contributed by atoms with Crippen LogP contribution in [0.25, 0.3) is 0 Å². The van der Waals surface area contributed by atoms with E-state index in [-0.39, 0.29) is 0 Å². The third-order valence-electron chi connectivity index (χ3n) is 2.48. The van der Waals surface area contributed by atoms with Gasteiger partial charge in [-0.25, -0.2) is 0 Å². The van der Waals surface area contributed by atoms with Crippen LogP contribution in [0.4, 0.5) is 17.8 Å². The normalized spacial score (nSPS) is 11.3. The predicted octanol–water partition coefficient (Wildman–Crippen LogP) is 0.576. The van der Waals surface area contributed by atoms with Crippen molar-refractivity contribution in [3.8, 4) is 0 Å². The van der Waals surface area contributed by atoms with Gasteiger partial charge in [-0.2, -0.15) is 15.0 Å². The number of anilines is 3. The van der Waals surface area contributed by atoms with Gasteiger partial charge >= 0.3 is 0 Å². The summed E-state index contributed by atoms with van der Waals surface area (Å²) in [5, 5.41) is 12.9. The smallest absolute Gasteiger partial charge is 0.232 e. The molecule has 0 atom stereocenters. The number of aliphatic hydroxyl groups is 1. The third-order valence-corrected chi connectivity index (χ3v) is 2.48. The Morgan fingerprint density at radius 2 is 1.74 bits per heavy atom. The molecule has 1 aromatic heterocycles. The summed E-state index contributed by atoms with van der Waals surface area (Å²) in [6, 6.07) is 0. The van der Waals surface area contributed by atoms with E-state index in [1.807, 2.05) is 30.8 Å². The van der Waals surface area contributed by atoms with Crippen LogP contribution in [-0.2, 0) is 0 Å². The highest BCUT2D eigenvalue weighted by Gasteiger charge is 2.20. The second kappa shape index (κ2) is 6.01. The van der Waals surface area contributed by atoms with Crippen molar-refractivity contribution in [1.82, 2.24) is 15.0 Å². The molecule has 1 aromatic rings. The SMILES string of the molecule is CCN(CC(C)(C)O)c1nc(NC)nc(N(C)C)n1. The van der Waals surface area contributed by atoms with Gasteiger partial charge in [-0.1, -0.05) is 0 Å². The Balaban J connectivity index is 3.12. The van der Waals surface area contributed by atoms with Crippen molar-refractivity contribution in [3.05, 3.63) is 0 Å². The van der Waals surface area contributed by atoms with Crippen molar-refractivity contribution in [2.24, 2.45) is 0 Å². The molecule has 19 heavy (non-hydrogen) atoms. The van der Waals surface area contributed by atoms with E-state index in [2.05, 4.69) is 20.3 Å². The van der Waals surface area contributed by atoms with Crippen LogP contribution in [0.15, 0.2) is 0 Å². The van der Waals surface area contributed by atoms with Crippen LogP contribution >= 0.6 is 0 Å². The summed E-state index contributed by atoms with van der Waals surface area (Å²) in [5.41, 5.74) is -0.805. The highest BCUT2D eigenvalue weighted by atomic mass is 16.3. The predicted molar refractivity (Wildman–Crippen MR) is 77.9 cm³/mol. The van der Waals surface area contributed by atoms with E-state index < -0.39 is 5.60 Å². The van der Waals surface area contributed by atoms with Crippen molar-refractivity contribution in [2.75, 3.05) is 49.3 Å². The molecule has 0 unspecified atom stereocenters. The van der Waals surface area contributed by atoms with Gasteiger partial charge in [-0.05, 0) is 20.8 Å². The van der Waals surface area contributed by atoms with E-state index in [9.17, 15) is 5.11 Å². The van der Waals surface area contributed by atoms with E-state index in [0.29, 0.717) is 30.9 Å². The maximum atomic E-state index is 9.95. The standard InChI is InChI=1S/C12H24N6O/c1-7-18(8-12(2,3)19)11-15-9(13-4)14-10(16-11)17(5)6/h19H,7-8H2,1-6H3,(H,13,14,15,16). The number of hydrogen-bond donors (Lipinski definition) is 2. The molecule has 0 aromatic carbocycles. The highest BCUT2D eigenvalue weighted by molar-refractivity contribution is 5.44. The van der Waals surface area contributed by atoms with Crippen molar-refractivity contribution in [1.29, 1.82) is 0 Å². The Labute approximate surface area is 114 Å². The van der Waals surface area contributed by atoms with E-state index in [1.165, 1.54) is 0 Å². The summed E-state index contributed by atoms with van der Waals surface area (Å²) in [6.45, 7) is 6.71. The van der Waals surface area contributed by atoms with Crippen LogP contribution in [0, 0.1) is 0 Å². The lowest BCUT2D eigenvalue weighted by molar-refractivity contribution is 0.0872. The van der Waals surface area contributed by atoms with Gasteiger partial charge in [0, 0.05) is 34.2 Å². The van der Waals surface area contributed by atoms with E-state index in [1.54, 1.807) is 20.9 Å². The van der Waals surface area contributed by atoms with Crippen molar-refractivity contribution in [2.45, 2.75) is 26.4 Å². The van der Waals surface area contributed by atoms with Gasteiger partial charge in [0.25, 0.3) is 0 Å². The molecule has 1 rings (SSSR count). The fraction of sp³-hybridized carbons (Fsp3) is 0.750. The lowest BCUT2D eigenvalue weighted by Crippen LogP contribution is -2.39. The number of nitrogens with zero attached hydrogens (tertiary/aromatic N) is 5. The van der Waals surface area contributed by atoms with Crippen molar-refractivity contribution >= 4 is 17.8 Å². The lowest BCUT2D eigenvalue weighted by atomic mass is 10.1. The van der Waals surface area contributed by atoms with Gasteiger partial charge in [0.1, 0.15) is 0 Å². The molecule has 0 spiro atoms. The van der Waals surface area contributed by atoms with Crippen LogP contribution in [-0.4, -0.2) is 59.9 Å². The Hall–Kier alpha value is -1.63. The highest BCUT2D eigenvalue weighted by Crippen LogP contribution is 2.17. The van der Waals surface area contributed by atoms with E-state index in [0.717, 1.165) is 0 Å². The average molecular weight is 268 g/mol. The number of likely N-dealkylation sites (N-methyl/N-ethyl adjacent to an activating group) is 1. The van der Waals surface area contributed by atoms with Crippen LogP contribution in [0.3, 0.4) is 0 Å². The summed E-state index contributed by atoms with van der Waals surface area (Å²) in [6.07, 6.45) is 0. The molecule has 0 aliphatic heterocycles. The number of hydrogen-bond acceptors (Lipinski definition) is 7. The average Bonchev–Trinajstić information content (AvgIpc) is 2.34. The summed E-state index contributed by atoms with van der Waals surface area (Å²) < 4.78 is 0. The maximum Gasteiger partial charge on any atom is 0.232 e. The molecule has 0 aliphatic carbocycles. The Morgan fingerprint density at radius 1 is 1.16 bits per heavy atom. The van der Waals surface area contributed by atoms with E-state index >= 15 is 0 Å². The molecule has 0 aliphatic rings. The number of nitrogens with one attached hydrogen (secondary N) is 1. The first-order valence-corrected chi connectivity index (χ1v) is 6.35. The summed E-state index contributed by atoms with van der Waals surface area (Å²) in [7, 11) is 5.53. The molecule has 0 saturated heterocycles. The summed E-state index contributed by atoms with van der Waals surface area (Å²) in [5.74, 6) is 1.67. The zero-order chi connectivity index (χ0) is 14.6. The molecule has 0 bridgehead atoms. The third kappa shape index (κ3) is 4.51.